The van der Waals surface area contributed by atoms with Crippen LogP contribution in [0.4, 0.5) is 5.69 Å². The zero-order valence-electron chi connectivity index (χ0n) is 13.9. The van der Waals surface area contributed by atoms with Gasteiger partial charge in [-0.15, -0.1) is 0 Å². The van der Waals surface area contributed by atoms with E-state index in [9.17, 15) is 9.59 Å². The molecule has 6 heteroatoms. The first kappa shape index (κ1) is 17.0. The highest BCUT2D eigenvalue weighted by Gasteiger charge is 2.27. The Morgan fingerprint density at radius 2 is 1.85 bits per heavy atom. The minimum Gasteiger partial charge on any atom is -0.361 e. The molecule has 26 heavy (non-hydrogen) atoms. The number of hydrogen-bond donors (Lipinski definition) is 2. The standard InChI is InChI=1S/C20H16IN3O2/c21-13-5-8-15-16(10-13)17(20(26)24-19(15)25)11-23-14-6-3-12(4-7-14)18-2-1-9-22-18/h3-8,10-11,23H,1-2,9H2,(H,24,25,26). The molecule has 0 aromatic heterocycles. The maximum atomic E-state index is 12.3. The van der Waals surface area contributed by atoms with Gasteiger partial charge in [-0.2, -0.15) is 0 Å². The summed E-state index contributed by atoms with van der Waals surface area (Å²) in [5, 5.41) is 5.54. The van der Waals surface area contributed by atoms with Crippen molar-refractivity contribution >= 4 is 51.4 Å². The number of benzene rings is 2. The van der Waals surface area contributed by atoms with Gasteiger partial charge in [0.05, 0.1) is 5.57 Å². The quantitative estimate of drug-likeness (QED) is 0.421. The molecular weight excluding hydrogens is 441 g/mol. The van der Waals surface area contributed by atoms with E-state index in [1.165, 1.54) is 0 Å². The second-order valence-electron chi connectivity index (χ2n) is 6.18. The molecule has 2 N–H and O–H groups in total. The Morgan fingerprint density at radius 3 is 2.58 bits per heavy atom. The van der Waals surface area contributed by atoms with Crippen molar-refractivity contribution in [3.05, 3.63) is 68.9 Å². The third-order valence-electron chi connectivity index (χ3n) is 4.46. The van der Waals surface area contributed by atoms with E-state index >= 15 is 0 Å². The summed E-state index contributed by atoms with van der Waals surface area (Å²) in [6.45, 7) is 0.910. The average Bonchev–Trinajstić information content (AvgIpc) is 3.16. The third-order valence-corrected chi connectivity index (χ3v) is 5.13. The molecule has 2 amide bonds. The van der Waals surface area contributed by atoms with E-state index in [0.29, 0.717) is 16.7 Å². The number of nitrogens with one attached hydrogen (secondary N) is 2. The van der Waals surface area contributed by atoms with Crippen molar-refractivity contribution in [1.29, 1.82) is 0 Å². The molecular formula is C20H16IN3O2. The number of fused-ring (bicyclic) bond motifs is 1. The number of rotatable bonds is 3. The van der Waals surface area contributed by atoms with Crippen molar-refractivity contribution in [1.82, 2.24) is 5.32 Å². The van der Waals surface area contributed by atoms with Gasteiger partial charge in [0.2, 0.25) is 0 Å². The summed E-state index contributed by atoms with van der Waals surface area (Å²) in [6.07, 6.45) is 3.80. The van der Waals surface area contributed by atoms with Gasteiger partial charge in [0, 0.05) is 38.8 Å². The number of imide groups is 1. The molecule has 0 saturated carbocycles. The van der Waals surface area contributed by atoms with Crippen LogP contribution in [0.2, 0.25) is 0 Å². The fourth-order valence-electron chi connectivity index (χ4n) is 3.13. The number of halogens is 1. The Labute approximate surface area is 164 Å². The van der Waals surface area contributed by atoms with E-state index in [0.717, 1.165) is 39.9 Å². The lowest BCUT2D eigenvalue weighted by Gasteiger charge is -2.18. The molecule has 2 heterocycles. The first-order chi connectivity index (χ1) is 12.6. The van der Waals surface area contributed by atoms with Crippen LogP contribution in [-0.2, 0) is 4.79 Å². The molecule has 2 aromatic carbocycles. The van der Waals surface area contributed by atoms with E-state index in [4.69, 9.17) is 0 Å². The monoisotopic (exact) mass is 457 g/mol. The molecule has 2 aliphatic rings. The van der Waals surface area contributed by atoms with E-state index in [-0.39, 0.29) is 5.91 Å². The van der Waals surface area contributed by atoms with Crippen molar-refractivity contribution in [2.24, 2.45) is 4.99 Å². The molecule has 2 aliphatic heterocycles. The Balaban J connectivity index is 1.60. The smallest absolute Gasteiger partial charge is 0.260 e. The lowest BCUT2D eigenvalue weighted by atomic mass is 9.95. The molecule has 0 atom stereocenters. The largest absolute Gasteiger partial charge is 0.361 e. The summed E-state index contributed by atoms with van der Waals surface area (Å²) in [6, 6.07) is 13.4. The molecule has 0 unspecified atom stereocenters. The van der Waals surface area contributed by atoms with Crippen LogP contribution in [0.25, 0.3) is 5.57 Å². The lowest BCUT2D eigenvalue weighted by Crippen LogP contribution is -2.36. The average molecular weight is 457 g/mol. The van der Waals surface area contributed by atoms with Crippen molar-refractivity contribution in [2.75, 3.05) is 11.9 Å². The molecule has 0 fully saturated rings. The zero-order chi connectivity index (χ0) is 18.1. The maximum Gasteiger partial charge on any atom is 0.260 e. The summed E-state index contributed by atoms with van der Waals surface area (Å²) in [5.41, 5.74) is 4.77. The second-order valence-corrected chi connectivity index (χ2v) is 7.43. The van der Waals surface area contributed by atoms with Crippen molar-refractivity contribution in [3.8, 4) is 0 Å². The van der Waals surface area contributed by atoms with Crippen LogP contribution in [0.3, 0.4) is 0 Å². The van der Waals surface area contributed by atoms with Gasteiger partial charge in [-0.25, -0.2) is 0 Å². The fraction of sp³-hybridized carbons (Fsp3) is 0.150. The Hall–Kier alpha value is -2.48. The van der Waals surface area contributed by atoms with Crippen LogP contribution < -0.4 is 10.6 Å². The van der Waals surface area contributed by atoms with Crippen LogP contribution in [0.15, 0.2) is 53.7 Å². The molecule has 0 bridgehead atoms. The molecule has 0 spiro atoms. The number of nitrogens with zero attached hydrogens (tertiary/aromatic N) is 1. The van der Waals surface area contributed by atoms with Crippen LogP contribution in [-0.4, -0.2) is 24.1 Å². The number of carbonyl (C=O) groups excluding carboxylic acids is 2. The predicted octanol–water partition coefficient (Wildman–Crippen LogP) is 3.60. The normalized spacial score (nSPS) is 17.7. The van der Waals surface area contributed by atoms with Gasteiger partial charge in [0.25, 0.3) is 11.8 Å². The Morgan fingerprint density at radius 1 is 1.04 bits per heavy atom. The maximum absolute atomic E-state index is 12.3. The minimum absolute atomic E-state index is 0.361. The number of hydrogen-bond acceptors (Lipinski definition) is 4. The number of anilines is 1. The van der Waals surface area contributed by atoms with Gasteiger partial charge in [-0.3, -0.25) is 19.9 Å². The molecule has 130 valence electrons. The molecule has 0 saturated heterocycles. The first-order valence-corrected chi connectivity index (χ1v) is 9.46. The van der Waals surface area contributed by atoms with Gasteiger partial charge >= 0.3 is 0 Å². The van der Waals surface area contributed by atoms with Crippen molar-refractivity contribution < 1.29 is 9.59 Å². The highest BCUT2D eigenvalue weighted by molar-refractivity contribution is 14.1. The van der Waals surface area contributed by atoms with Gasteiger partial charge < -0.3 is 5.32 Å². The zero-order valence-corrected chi connectivity index (χ0v) is 16.0. The van der Waals surface area contributed by atoms with E-state index in [2.05, 4.69) is 38.2 Å². The van der Waals surface area contributed by atoms with Gasteiger partial charge in [-0.1, -0.05) is 12.1 Å². The summed E-state index contributed by atoms with van der Waals surface area (Å²) < 4.78 is 0.969. The summed E-state index contributed by atoms with van der Waals surface area (Å²) >= 11 is 2.17. The molecule has 0 radical (unpaired) electrons. The summed E-state index contributed by atoms with van der Waals surface area (Å²) in [4.78, 5) is 28.8. The molecule has 0 aliphatic carbocycles. The predicted molar refractivity (Wildman–Crippen MR) is 110 cm³/mol. The highest BCUT2D eigenvalue weighted by Crippen LogP contribution is 2.26. The lowest BCUT2D eigenvalue weighted by molar-refractivity contribution is -0.114. The van der Waals surface area contributed by atoms with Crippen LogP contribution >= 0.6 is 22.6 Å². The van der Waals surface area contributed by atoms with Crippen LogP contribution in [0.5, 0.6) is 0 Å². The number of carbonyl (C=O) groups is 2. The fourth-order valence-corrected chi connectivity index (χ4v) is 3.62. The van der Waals surface area contributed by atoms with Crippen LogP contribution in [0.1, 0.15) is 34.3 Å². The second kappa shape index (κ2) is 7.03. The van der Waals surface area contributed by atoms with Crippen molar-refractivity contribution in [2.45, 2.75) is 12.8 Å². The number of amides is 2. The summed E-state index contributed by atoms with van der Waals surface area (Å²) in [7, 11) is 0. The third kappa shape index (κ3) is 3.29. The van der Waals surface area contributed by atoms with Crippen molar-refractivity contribution in [3.63, 3.8) is 0 Å². The SMILES string of the molecule is O=C1NC(=O)c2ccc(I)cc2C1=CNc1ccc(C2=NCCC2)cc1. The first-order valence-electron chi connectivity index (χ1n) is 8.38. The highest BCUT2D eigenvalue weighted by atomic mass is 127. The minimum atomic E-state index is -0.395. The van der Waals surface area contributed by atoms with E-state index < -0.39 is 5.91 Å². The number of aliphatic imine (C=N–C) groups is 1. The van der Waals surface area contributed by atoms with Gasteiger partial charge in [0.1, 0.15) is 0 Å². The van der Waals surface area contributed by atoms with Crippen LogP contribution in [0, 0.1) is 3.57 Å². The van der Waals surface area contributed by atoms with E-state index in [1.54, 1.807) is 12.3 Å². The molecule has 5 nitrogen and oxygen atoms in total. The molecule has 4 rings (SSSR count). The van der Waals surface area contributed by atoms with Gasteiger partial charge in [-0.05, 0) is 71.3 Å². The van der Waals surface area contributed by atoms with Gasteiger partial charge in [0.15, 0.2) is 0 Å². The Kier molecular flexibility index (Phi) is 4.58. The molecule has 2 aromatic rings. The van der Waals surface area contributed by atoms with E-state index in [1.807, 2.05) is 36.4 Å². The summed E-state index contributed by atoms with van der Waals surface area (Å²) in [5.74, 6) is -0.755. The Bertz CT molecular complexity index is 962. The topological polar surface area (TPSA) is 70.6 Å².